The predicted molar refractivity (Wildman–Crippen MR) is 141 cm³/mol. The molecule has 1 N–H and O–H groups in total. The molecule has 0 fully saturated rings. The Morgan fingerprint density at radius 1 is 0.889 bits per heavy atom. The topological polar surface area (TPSA) is 49.4 Å². The van der Waals surface area contributed by atoms with E-state index in [2.05, 4.69) is 5.32 Å². The first kappa shape index (κ1) is 27.4. The Labute approximate surface area is 216 Å². The summed E-state index contributed by atoms with van der Waals surface area (Å²) in [4.78, 5) is 28.6. The van der Waals surface area contributed by atoms with Gasteiger partial charge in [0.05, 0.1) is 5.75 Å². The first-order valence-corrected chi connectivity index (χ1v) is 13.0. The summed E-state index contributed by atoms with van der Waals surface area (Å²) in [6, 6.07) is 21.1. The molecule has 3 aromatic carbocycles. The first-order chi connectivity index (χ1) is 17.1. The van der Waals surface area contributed by atoms with Gasteiger partial charge in [-0.25, -0.2) is 8.78 Å². The average Bonchev–Trinajstić information content (AvgIpc) is 2.83. The second-order valence-electron chi connectivity index (χ2n) is 9.68. The van der Waals surface area contributed by atoms with E-state index in [0.717, 1.165) is 5.56 Å². The van der Waals surface area contributed by atoms with Crippen LogP contribution in [0.5, 0.6) is 0 Å². The van der Waals surface area contributed by atoms with E-state index < -0.39 is 11.6 Å². The molecule has 0 heterocycles. The largest absolute Gasteiger partial charge is 0.350 e. The van der Waals surface area contributed by atoms with Gasteiger partial charge in [0, 0.05) is 24.3 Å². The molecule has 0 aliphatic rings. The van der Waals surface area contributed by atoms with Crippen LogP contribution in [-0.4, -0.2) is 34.0 Å². The molecule has 3 aromatic rings. The van der Waals surface area contributed by atoms with Gasteiger partial charge in [-0.3, -0.25) is 9.59 Å². The molecule has 0 spiro atoms. The van der Waals surface area contributed by atoms with Crippen molar-refractivity contribution >= 4 is 23.6 Å². The van der Waals surface area contributed by atoms with E-state index in [9.17, 15) is 18.4 Å². The third-order valence-corrected chi connectivity index (χ3v) is 6.44. The van der Waals surface area contributed by atoms with Crippen LogP contribution in [0.2, 0.25) is 0 Å². The third-order valence-electron chi connectivity index (χ3n) is 5.48. The molecule has 7 heteroatoms. The van der Waals surface area contributed by atoms with Crippen molar-refractivity contribution in [2.75, 3.05) is 5.75 Å². The summed E-state index contributed by atoms with van der Waals surface area (Å²) in [7, 11) is 0. The fourth-order valence-corrected chi connectivity index (χ4v) is 4.64. The second-order valence-corrected chi connectivity index (χ2v) is 10.7. The molecule has 4 nitrogen and oxygen atoms in total. The fourth-order valence-electron chi connectivity index (χ4n) is 3.74. The van der Waals surface area contributed by atoms with E-state index in [1.807, 2.05) is 51.1 Å². The summed E-state index contributed by atoms with van der Waals surface area (Å²) in [5, 5.41) is 3.01. The van der Waals surface area contributed by atoms with Crippen LogP contribution < -0.4 is 5.32 Å². The van der Waals surface area contributed by atoms with E-state index >= 15 is 0 Å². The van der Waals surface area contributed by atoms with Crippen LogP contribution in [0.25, 0.3) is 0 Å². The number of hydrogen-bond acceptors (Lipinski definition) is 3. The lowest BCUT2D eigenvalue weighted by Crippen LogP contribution is -2.54. The minimum atomic E-state index is -0.779. The summed E-state index contributed by atoms with van der Waals surface area (Å²) in [6.45, 7) is 5.82. The predicted octanol–water partition coefficient (Wildman–Crippen LogP) is 5.75. The van der Waals surface area contributed by atoms with Crippen molar-refractivity contribution in [2.45, 2.75) is 51.1 Å². The van der Waals surface area contributed by atoms with Crippen molar-refractivity contribution < 1.29 is 18.4 Å². The molecular weight excluding hydrogens is 478 g/mol. The zero-order chi connectivity index (χ0) is 26.1. The van der Waals surface area contributed by atoms with Crippen LogP contribution in [0.3, 0.4) is 0 Å². The molecule has 0 saturated carbocycles. The first-order valence-electron chi connectivity index (χ1n) is 11.8. The van der Waals surface area contributed by atoms with E-state index in [1.54, 1.807) is 35.2 Å². The molecular formula is C29H32F2N2O2S. The SMILES string of the molecule is CC(C)(C)NC(=O)[C@H](Cc1ccccc1)N(Cc1ccc(F)cc1)C(=O)CSCc1ccccc1F. The molecule has 0 aliphatic heterocycles. The van der Waals surface area contributed by atoms with Gasteiger partial charge < -0.3 is 10.2 Å². The minimum Gasteiger partial charge on any atom is -0.350 e. The highest BCUT2D eigenvalue weighted by Gasteiger charge is 2.32. The molecule has 190 valence electrons. The molecule has 2 amide bonds. The highest BCUT2D eigenvalue weighted by molar-refractivity contribution is 7.99. The average molecular weight is 511 g/mol. The van der Waals surface area contributed by atoms with Gasteiger partial charge in [0.15, 0.2) is 0 Å². The number of amides is 2. The van der Waals surface area contributed by atoms with Gasteiger partial charge in [0.25, 0.3) is 0 Å². The molecule has 0 radical (unpaired) electrons. The van der Waals surface area contributed by atoms with Crippen molar-refractivity contribution in [3.8, 4) is 0 Å². The second kappa shape index (κ2) is 12.7. The zero-order valence-corrected chi connectivity index (χ0v) is 21.7. The van der Waals surface area contributed by atoms with Gasteiger partial charge in [-0.05, 0) is 55.7 Å². The highest BCUT2D eigenvalue weighted by Crippen LogP contribution is 2.20. The molecule has 36 heavy (non-hydrogen) atoms. The number of nitrogens with zero attached hydrogens (tertiary/aromatic N) is 1. The molecule has 0 aliphatic carbocycles. The van der Waals surface area contributed by atoms with E-state index in [4.69, 9.17) is 0 Å². The Morgan fingerprint density at radius 2 is 1.53 bits per heavy atom. The van der Waals surface area contributed by atoms with Crippen molar-refractivity contribution in [2.24, 2.45) is 0 Å². The Morgan fingerprint density at radius 3 is 2.17 bits per heavy atom. The van der Waals surface area contributed by atoms with Crippen LogP contribution in [0.15, 0.2) is 78.9 Å². The molecule has 1 atom stereocenters. The van der Waals surface area contributed by atoms with Gasteiger partial charge >= 0.3 is 0 Å². The van der Waals surface area contributed by atoms with Crippen molar-refractivity contribution in [3.05, 3.63) is 107 Å². The number of halogens is 2. The number of hydrogen-bond donors (Lipinski definition) is 1. The maximum atomic E-state index is 14.0. The highest BCUT2D eigenvalue weighted by atomic mass is 32.2. The van der Waals surface area contributed by atoms with Crippen LogP contribution in [-0.2, 0) is 28.3 Å². The lowest BCUT2D eigenvalue weighted by atomic mass is 10.0. The number of nitrogens with one attached hydrogen (secondary N) is 1. The van der Waals surface area contributed by atoms with Crippen LogP contribution in [0, 0.1) is 11.6 Å². The normalized spacial score (nSPS) is 12.1. The van der Waals surface area contributed by atoms with Gasteiger partial charge in [-0.1, -0.05) is 60.7 Å². The summed E-state index contributed by atoms with van der Waals surface area (Å²) >= 11 is 1.30. The van der Waals surface area contributed by atoms with Gasteiger partial charge in [0.2, 0.25) is 11.8 Å². The van der Waals surface area contributed by atoms with E-state index in [-0.39, 0.29) is 35.7 Å². The van der Waals surface area contributed by atoms with Crippen molar-refractivity contribution in [1.82, 2.24) is 10.2 Å². The maximum Gasteiger partial charge on any atom is 0.243 e. The molecule has 0 unspecified atom stereocenters. The lowest BCUT2D eigenvalue weighted by molar-refractivity contribution is -0.140. The van der Waals surface area contributed by atoms with Crippen molar-refractivity contribution in [3.63, 3.8) is 0 Å². The van der Waals surface area contributed by atoms with E-state index in [0.29, 0.717) is 23.3 Å². The van der Waals surface area contributed by atoms with Crippen LogP contribution in [0.4, 0.5) is 8.78 Å². The zero-order valence-electron chi connectivity index (χ0n) is 20.8. The van der Waals surface area contributed by atoms with E-state index in [1.165, 1.54) is 30.0 Å². The van der Waals surface area contributed by atoms with Gasteiger partial charge in [-0.2, -0.15) is 0 Å². The number of benzene rings is 3. The number of thioether (sulfide) groups is 1. The minimum absolute atomic E-state index is 0.0730. The molecule has 0 saturated heterocycles. The lowest BCUT2D eigenvalue weighted by Gasteiger charge is -2.34. The maximum absolute atomic E-state index is 14.0. The number of carbonyl (C=O) groups excluding carboxylic acids is 2. The van der Waals surface area contributed by atoms with Crippen LogP contribution in [0.1, 0.15) is 37.5 Å². The monoisotopic (exact) mass is 510 g/mol. The van der Waals surface area contributed by atoms with Crippen molar-refractivity contribution in [1.29, 1.82) is 0 Å². The van der Waals surface area contributed by atoms with Gasteiger partial charge in [-0.15, -0.1) is 11.8 Å². The third kappa shape index (κ3) is 8.48. The smallest absolute Gasteiger partial charge is 0.243 e. The quantitative estimate of drug-likeness (QED) is 0.378. The number of rotatable bonds is 10. The Hall–Kier alpha value is -3.19. The number of carbonyl (C=O) groups is 2. The standard InChI is InChI=1S/C29H32F2N2O2S/c1-29(2,3)32-28(35)26(17-21-9-5-4-6-10-21)33(18-22-13-15-24(30)16-14-22)27(34)20-36-19-23-11-7-8-12-25(23)31/h4-16,26H,17-20H2,1-3H3,(H,32,35)/t26-/m0/s1. The molecule has 0 aromatic heterocycles. The molecule has 3 rings (SSSR count). The summed E-state index contributed by atoms with van der Waals surface area (Å²) in [6.07, 6.45) is 0.327. The Bertz CT molecular complexity index is 1150. The van der Waals surface area contributed by atoms with Crippen LogP contribution >= 0.6 is 11.8 Å². The fraction of sp³-hybridized carbons (Fsp3) is 0.310. The summed E-state index contributed by atoms with van der Waals surface area (Å²) < 4.78 is 27.6. The Kier molecular flexibility index (Phi) is 9.65. The van der Waals surface area contributed by atoms with Gasteiger partial charge in [0.1, 0.15) is 17.7 Å². The summed E-state index contributed by atoms with van der Waals surface area (Å²) in [5.74, 6) is -0.786. The Balaban J connectivity index is 1.87. The summed E-state index contributed by atoms with van der Waals surface area (Å²) in [5.41, 5.74) is 1.66. The molecule has 0 bridgehead atoms.